The van der Waals surface area contributed by atoms with Crippen LogP contribution in [0.1, 0.15) is 61.8 Å². The number of aryl methyl sites for hydroxylation is 1. The van der Waals surface area contributed by atoms with E-state index in [2.05, 4.69) is 32.0 Å². The smallest absolute Gasteiger partial charge is 0.251 e. The summed E-state index contributed by atoms with van der Waals surface area (Å²) < 4.78 is 11.6. The van der Waals surface area contributed by atoms with Crippen molar-refractivity contribution in [3.8, 4) is 0 Å². The zero-order chi connectivity index (χ0) is 17.4. The number of piperidine rings is 1. The third kappa shape index (κ3) is 3.00. The zero-order valence-electron chi connectivity index (χ0n) is 15.4. The van der Waals surface area contributed by atoms with Gasteiger partial charge in [-0.25, -0.2) is 0 Å². The van der Waals surface area contributed by atoms with Crippen LogP contribution in [-0.4, -0.2) is 43.2 Å². The molecule has 2 heterocycles. The molecular weight excluding hydrogens is 314 g/mol. The lowest BCUT2D eigenvalue weighted by atomic mass is 9.73. The molecule has 2 saturated heterocycles. The van der Waals surface area contributed by atoms with Crippen LogP contribution in [0, 0.1) is 6.92 Å². The second-order valence-corrected chi connectivity index (χ2v) is 7.85. The summed E-state index contributed by atoms with van der Waals surface area (Å²) in [7, 11) is 0. The van der Waals surface area contributed by atoms with Gasteiger partial charge >= 0.3 is 0 Å². The van der Waals surface area contributed by atoms with Crippen LogP contribution >= 0.6 is 0 Å². The number of ether oxygens (including phenoxy) is 2. The van der Waals surface area contributed by atoms with Gasteiger partial charge < -0.3 is 14.4 Å². The molecule has 1 aromatic carbocycles. The fraction of sp³-hybridized carbons (Fsp3) is 0.667. The van der Waals surface area contributed by atoms with Gasteiger partial charge in [-0.3, -0.25) is 4.79 Å². The summed E-state index contributed by atoms with van der Waals surface area (Å²) in [5.41, 5.74) is 4.32. The summed E-state index contributed by atoms with van der Waals surface area (Å²) in [6.07, 6.45) is 5.04. The molecule has 0 radical (unpaired) electrons. The molecule has 1 aliphatic carbocycles. The van der Waals surface area contributed by atoms with Crippen molar-refractivity contribution in [2.45, 2.75) is 63.6 Å². The maximum absolute atomic E-state index is 12.6. The highest BCUT2D eigenvalue weighted by Crippen LogP contribution is 2.52. The van der Waals surface area contributed by atoms with Crippen molar-refractivity contribution in [2.24, 2.45) is 0 Å². The highest BCUT2D eigenvalue weighted by atomic mass is 16.5. The van der Waals surface area contributed by atoms with E-state index in [4.69, 9.17) is 9.47 Å². The van der Waals surface area contributed by atoms with Crippen molar-refractivity contribution in [3.63, 3.8) is 0 Å². The Kier molecular flexibility index (Phi) is 4.59. The van der Waals surface area contributed by atoms with Gasteiger partial charge in [-0.05, 0) is 57.1 Å². The first-order valence-electron chi connectivity index (χ1n) is 9.76. The molecule has 4 heteroatoms. The Morgan fingerprint density at radius 1 is 1.36 bits per heavy atom. The van der Waals surface area contributed by atoms with Crippen molar-refractivity contribution in [2.75, 3.05) is 26.3 Å². The van der Waals surface area contributed by atoms with Gasteiger partial charge in [0.05, 0.1) is 6.10 Å². The first kappa shape index (κ1) is 17.0. The van der Waals surface area contributed by atoms with E-state index in [-0.39, 0.29) is 23.5 Å². The monoisotopic (exact) mass is 343 g/mol. The first-order valence-corrected chi connectivity index (χ1v) is 9.76. The number of rotatable bonds is 3. The Labute approximate surface area is 150 Å². The molecule has 2 aliphatic heterocycles. The highest BCUT2D eigenvalue weighted by molar-refractivity contribution is 5.81. The van der Waals surface area contributed by atoms with Crippen LogP contribution in [0.3, 0.4) is 0 Å². The third-order valence-corrected chi connectivity index (χ3v) is 6.31. The molecule has 0 aromatic heterocycles. The number of fused-ring (bicyclic) bond motifs is 2. The van der Waals surface area contributed by atoms with E-state index in [9.17, 15) is 4.79 Å². The Balaban J connectivity index is 1.52. The zero-order valence-corrected chi connectivity index (χ0v) is 15.4. The maximum Gasteiger partial charge on any atom is 0.251 e. The molecule has 4 rings (SSSR count). The number of nitrogens with zero attached hydrogens (tertiary/aromatic N) is 1. The molecule has 1 aromatic rings. The minimum atomic E-state index is -0.191. The van der Waals surface area contributed by atoms with Crippen LogP contribution in [0.4, 0.5) is 0 Å². The van der Waals surface area contributed by atoms with Gasteiger partial charge in [0.2, 0.25) is 0 Å². The molecule has 136 valence electrons. The number of likely N-dealkylation sites (tertiary alicyclic amines) is 1. The van der Waals surface area contributed by atoms with Crippen LogP contribution in [-0.2, 0) is 19.7 Å². The van der Waals surface area contributed by atoms with Gasteiger partial charge in [-0.15, -0.1) is 0 Å². The van der Waals surface area contributed by atoms with Crippen molar-refractivity contribution >= 4 is 5.91 Å². The summed E-state index contributed by atoms with van der Waals surface area (Å²) in [5, 5.41) is 0. The van der Waals surface area contributed by atoms with Gasteiger partial charge in [-0.2, -0.15) is 0 Å². The lowest BCUT2D eigenvalue weighted by Crippen LogP contribution is -2.47. The Hall–Kier alpha value is -1.39. The number of carbonyl (C=O) groups excluding carboxylic acids is 1. The van der Waals surface area contributed by atoms with Crippen LogP contribution in [0.15, 0.2) is 18.2 Å². The second kappa shape index (κ2) is 6.73. The summed E-state index contributed by atoms with van der Waals surface area (Å²) >= 11 is 0. The molecule has 0 N–H and O–H groups in total. The normalized spacial score (nSPS) is 27.7. The van der Waals surface area contributed by atoms with E-state index >= 15 is 0 Å². The van der Waals surface area contributed by atoms with Crippen molar-refractivity contribution in [3.05, 3.63) is 34.9 Å². The maximum atomic E-state index is 12.6. The third-order valence-electron chi connectivity index (χ3n) is 6.31. The molecule has 1 spiro atoms. The summed E-state index contributed by atoms with van der Waals surface area (Å²) in [5.74, 6) is 0.205. The van der Waals surface area contributed by atoms with E-state index in [1.165, 1.54) is 16.7 Å². The number of hydrogen-bond acceptors (Lipinski definition) is 3. The molecular formula is C21H29NO3. The SMILES string of the molecule is CCOC1CC2(CCN(C(=O)[C@@H]3CCCO3)CC2)c2cc(C)ccc21. The number of benzene rings is 1. The Morgan fingerprint density at radius 3 is 2.84 bits per heavy atom. The number of amides is 1. The fourth-order valence-electron chi connectivity index (χ4n) is 4.94. The first-order chi connectivity index (χ1) is 12.1. The fourth-order valence-corrected chi connectivity index (χ4v) is 4.94. The largest absolute Gasteiger partial charge is 0.374 e. The molecule has 2 atom stereocenters. The van der Waals surface area contributed by atoms with Gasteiger partial charge in [-0.1, -0.05) is 23.8 Å². The van der Waals surface area contributed by atoms with Crippen molar-refractivity contribution in [1.82, 2.24) is 4.90 Å². The molecule has 25 heavy (non-hydrogen) atoms. The predicted molar refractivity (Wildman–Crippen MR) is 96.6 cm³/mol. The summed E-state index contributed by atoms with van der Waals surface area (Å²) in [4.78, 5) is 14.7. The van der Waals surface area contributed by atoms with Crippen molar-refractivity contribution in [1.29, 1.82) is 0 Å². The molecule has 4 nitrogen and oxygen atoms in total. The van der Waals surface area contributed by atoms with Crippen LogP contribution in [0.2, 0.25) is 0 Å². The molecule has 0 bridgehead atoms. The van der Waals surface area contributed by atoms with E-state index < -0.39 is 0 Å². The highest BCUT2D eigenvalue weighted by Gasteiger charge is 2.47. The standard InChI is InChI=1S/C21H29NO3/c1-3-24-19-14-21(17-13-15(2)6-7-16(17)19)8-10-22(11-9-21)20(23)18-5-4-12-25-18/h6-7,13,18-19H,3-5,8-12,14H2,1-2H3/t18-,19?/m0/s1. The second-order valence-electron chi connectivity index (χ2n) is 7.85. The minimum absolute atomic E-state index is 0.175. The Morgan fingerprint density at radius 2 is 2.16 bits per heavy atom. The van der Waals surface area contributed by atoms with Gasteiger partial charge in [0.1, 0.15) is 6.10 Å². The van der Waals surface area contributed by atoms with Gasteiger partial charge in [0.15, 0.2) is 0 Å². The average molecular weight is 343 g/mol. The van der Waals surface area contributed by atoms with Crippen LogP contribution in [0.25, 0.3) is 0 Å². The quantitative estimate of drug-likeness (QED) is 0.843. The van der Waals surface area contributed by atoms with E-state index in [1.54, 1.807) is 0 Å². The van der Waals surface area contributed by atoms with Crippen molar-refractivity contribution < 1.29 is 14.3 Å². The molecule has 3 aliphatic rings. The molecule has 0 saturated carbocycles. The molecule has 1 unspecified atom stereocenters. The lowest BCUT2D eigenvalue weighted by molar-refractivity contribution is -0.142. The van der Waals surface area contributed by atoms with E-state index in [1.807, 2.05) is 4.90 Å². The van der Waals surface area contributed by atoms with Crippen LogP contribution in [0.5, 0.6) is 0 Å². The van der Waals surface area contributed by atoms with E-state index in [0.29, 0.717) is 0 Å². The van der Waals surface area contributed by atoms with Gasteiger partial charge in [0, 0.05) is 31.7 Å². The van der Waals surface area contributed by atoms with Crippen LogP contribution < -0.4 is 0 Å². The molecule has 2 fully saturated rings. The summed E-state index contributed by atoms with van der Waals surface area (Å²) in [6.45, 7) is 7.39. The number of carbonyl (C=O) groups is 1. The summed E-state index contributed by atoms with van der Waals surface area (Å²) in [6, 6.07) is 6.80. The topological polar surface area (TPSA) is 38.8 Å². The average Bonchev–Trinajstić information content (AvgIpc) is 3.24. The predicted octanol–water partition coefficient (Wildman–Crippen LogP) is 3.52. The number of hydrogen-bond donors (Lipinski definition) is 0. The minimum Gasteiger partial charge on any atom is -0.374 e. The van der Waals surface area contributed by atoms with Gasteiger partial charge in [0.25, 0.3) is 5.91 Å². The van der Waals surface area contributed by atoms with E-state index in [0.717, 1.165) is 58.4 Å². The lowest BCUT2D eigenvalue weighted by Gasteiger charge is -2.41. The Bertz CT molecular complexity index is 643. The molecule has 1 amide bonds.